The highest BCUT2D eigenvalue weighted by atomic mass is 79.9. The summed E-state index contributed by atoms with van der Waals surface area (Å²) in [7, 11) is 0. The van der Waals surface area contributed by atoms with Gasteiger partial charge in [-0.1, -0.05) is 0 Å². The number of hydrogen-bond acceptors (Lipinski definition) is 4. The van der Waals surface area contributed by atoms with Crippen LogP contribution in [-0.2, 0) is 13.0 Å². The molecule has 2 heterocycles. The van der Waals surface area contributed by atoms with Crippen molar-refractivity contribution in [2.45, 2.75) is 32.9 Å². The van der Waals surface area contributed by atoms with Crippen LogP contribution in [0.3, 0.4) is 0 Å². The molecule has 2 aromatic heterocycles. The molecule has 0 saturated carbocycles. The molecule has 2 rings (SSSR count). The number of aryl methyl sites for hydroxylation is 2. The van der Waals surface area contributed by atoms with Crippen LogP contribution in [0.5, 0.6) is 0 Å². The van der Waals surface area contributed by atoms with E-state index >= 15 is 0 Å². The van der Waals surface area contributed by atoms with Crippen molar-refractivity contribution in [3.63, 3.8) is 0 Å². The molecule has 1 atom stereocenters. The van der Waals surface area contributed by atoms with Gasteiger partial charge in [0.2, 0.25) is 0 Å². The maximum absolute atomic E-state index is 5.64. The fourth-order valence-electron chi connectivity index (χ4n) is 2.01. The van der Waals surface area contributed by atoms with E-state index in [1.54, 1.807) is 0 Å². The van der Waals surface area contributed by atoms with E-state index < -0.39 is 0 Å². The molecule has 7 heteroatoms. The number of nitrogens with one attached hydrogen (secondary N) is 1. The van der Waals surface area contributed by atoms with E-state index in [0.717, 1.165) is 28.2 Å². The van der Waals surface area contributed by atoms with E-state index in [1.165, 1.54) is 0 Å². The molecule has 0 aliphatic carbocycles. The normalized spacial score (nSPS) is 12.9. The largest absolute Gasteiger partial charge is 0.453 e. The van der Waals surface area contributed by atoms with Gasteiger partial charge in [0, 0.05) is 13.0 Å². The average molecular weight is 392 g/mol. The minimum atomic E-state index is -0.0935. The van der Waals surface area contributed by atoms with Gasteiger partial charge in [0.05, 0.1) is 21.9 Å². The zero-order chi connectivity index (χ0) is 14.0. The van der Waals surface area contributed by atoms with Crippen LogP contribution >= 0.6 is 31.9 Å². The lowest BCUT2D eigenvalue weighted by atomic mass is 10.1. The highest BCUT2D eigenvalue weighted by Gasteiger charge is 2.20. The molecule has 0 amide bonds. The van der Waals surface area contributed by atoms with Gasteiger partial charge in [0.1, 0.15) is 5.76 Å². The Morgan fingerprint density at radius 1 is 1.47 bits per heavy atom. The number of hydrogen-bond donors (Lipinski definition) is 2. The molecule has 5 nitrogen and oxygen atoms in total. The molecule has 0 spiro atoms. The summed E-state index contributed by atoms with van der Waals surface area (Å²) in [6.07, 6.45) is 0.700. The van der Waals surface area contributed by atoms with Crippen LogP contribution in [0.2, 0.25) is 0 Å². The number of halogens is 2. The second kappa shape index (κ2) is 6.21. The molecule has 0 radical (unpaired) electrons. The summed E-state index contributed by atoms with van der Waals surface area (Å²) in [4.78, 5) is 0. The standard InChI is InChI=1S/C12H16Br2N4O/c1-3-18-9(12(14)7(2)17-18)6-8(16-15)10-4-5-11(13)19-10/h4-5,8,16H,3,6,15H2,1-2H3. The molecular weight excluding hydrogens is 376 g/mol. The second-order valence-corrected chi connectivity index (χ2v) is 5.80. The molecule has 104 valence electrons. The summed E-state index contributed by atoms with van der Waals surface area (Å²) in [6.45, 7) is 4.87. The Balaban J connectivity index is 2.28. The van der Waals surface area contributed by atoms with Crippen LogP contribution in [0.1, 0.15) is 30.1 Å². The summed E-state index contributed by atoms with van der Waals surface area (Å²) in [5.41, 5.74) is 4.88. The smallest absolute Gasteiger partial charge is 0.169 e. The lowest BCUT2D eigenvalue weighted by molar-refractivity contribution is 0.397. The van der Waals surface area contributed by atoms with Crippen molar-refractivity contribution in [2.75, 3.05) is 0 Å². The van der Waals surface area contributed by atoms with Gasteiger partial charge in [0.15, 0.2) is 4.67 Å². The first-order valence-electron chi connectivity index (χ1n) is 6.00. The Kier molecular flexibility index (Phi) is 4.83. The number of furan rings is 1. The van der Waals surface area contributed by atoms with Crippen LogP contribution in [0.4, 0.5) is 0 Å². The maximum atomic E-state index is 5.64. The average Bonchev–Trinajstić information content (AvgIpc) is 2.93. The molecule has 0 bridgehead atoms. The predicted molar refractivity (Wildman–Crippen MR) is 80.5 cm³/mol. The van der Waals surface area contributed by atoms with Crippen molar-refractivity contribution in [1.29, 1.82) is 0 Å². The lowest BCUT2D eigenvalue weighted by Gasteiger charge is -2.14. The third kappa shape index (κ3) is 3.10. The highest BCUT2D eigenvalue weighted by Crippen LogP contribution is 2.28. The highest BCUT2D eigenvalue weighted by molar-refractivity contribution is 9.10. The number of nitrogens with zero attached hydrogens (tertiary/aromatic N) is 2. The zero-order valence-corrected chi connectivity index (χ0v) is 14.0. The van der Waals surface area contributed by atoms with Gasteiger partial charge in [-0.3, -0.25) is 10.5 Å². The fraction of sp³-hybridized carbons (Fsp3) is 0.417. The van der Waals surface area contributed by atoms with Crippen molar-refractivity contribution in [2.24, 2.45) is 5.84 Å². The SMILES string of the molecule is CCn1nc(C)c(Br)c1CC(NN)c1ccc(Br)o1. The molecule has 0 aliphatic rings. The van der Waals surface area contributed by atoms with Crippen molar-refractivity contribution >= 4 is 31.9 Å². The van der Waals surface area contributed by atoms with E-state index in [4.69, 9.17) is 10.3 Å². The Hall–Kier alpha value is -0.630. The molecule has 0 fully saturated rings. The predicted octanol–water partition coefficient (Wildman–Crippen LogP) is 3.08. The van der Waals surface area contributed by atoms with Crippen molar-refractivity contribution in [3.05, 3.63) is 38.4 Å². The Morgan fingerprint density at radius 3 is 2.74 bits per heavy atom. The zero-order valence-electron chi connectivity index (χ0n) is 10.8. The summed E-state index contributed by atoms with van der Waals surface area (Å²) in [5.74, 6) is 6.43. The summed E-state index contributed by atoms with van der Waals surface area (Å²) in [6, 6.07) is 3.67. The first-order valence-corrected chi connectivity index (χ1v) is 7.58. The van der Waals surface area contributed by atoms with Crippen LogP contribution < -0.4 is 11.3 Å². The summed E-state index contributed by atoms with van der Waals surface area (Å²) in [5, 5.41) is 4.48. The third-order valence-electron chi connectivity index (χ3n) is 2.99. The minimum Gasteiger partial charge on any atom is -0.453 e. The van der Waals surface area contributed by atoms with E-state index in [0.29, 0.717) is 11.1 Å². The Labute approximate surface area is 128 Å². The van der Waals surface area contributed by atoms with Crippen molar-refractivity contribution < 1.29 is 4.42 Å². The number of rotatable bonds is 5. The second-order valence-electron chi connectivity index (χ2n) is 4.23. The van der Waals surface area contributed by atoms with Crippen molar-refractivity contribution in [3.8, 4) is 0 Å². The molecule has 0 aromatic carbocycles. The summed E-state index contributed by atoms with van der Waals surface area (Å²) >= 11 is 6.89. The first kappa shape index (κ1) is 14.8. The molecule has 19 heavy (non-hydrogen) atoms. The van der Waals surface area contributed by atoms with Gasteiger partial charge >= 0.3 is 0 Å². The fourth-order valence-corrected chi connectivity index (χ4v) is 2.78. The molecule has 2 aromatic rings. The van der Waals surface area contributed by atoms with Crippen molar-refractivity contribution in [1.82, 2.24) is 15.2 Å². The van der Waals surface area contributed by atoms with E-state index in [-0.39, 0.29) is 6.04 Å². The molecule has 1 unspecified atom stereocenters. The minimum absolute atomic E-state index is 0.0935. The van der Waals surface area contributed by atoms with Crippen LogP contribution in [0.25, 0.3) is 0 Å². The van der Waals surface area contributed by atoms with E-state index in [2.05, 4.69) is 49.3 Å². The third-order valence-corrected chi connectivity index (χ3v) is 4.45. The monoisotopic (exact) mass is 390 g/mol. The van der Waals surface area contributed by atoms with Gasteiger partial charge in [0.25, 0.3) is 0 Å². The van der Waals surface area contributed by atoms with Crippen LogP contribution in [0, 0.1) is 6.92 Å². The molecular formula is C12H16Br2N4O. The number of hydrazine groups is 1. The Bertz CT molecular complexity index is 564. The first-order chi connectivity index (χ1) is 9.06. The van der Waals surface area contributed by atoms with E-state index in [9.17, 15) is 0 Å². The maximum Gasteiger partial charge on any atom is 0.169 e. The van der Waals surface area contributed by atoms with Gasteiger partial charge < -0.3 is 4.42 Å². The van der Waals surface area contributed by atoms with Gasteiger partial charge in [-0.15, -0.1) is 0 Å². The van der Waals surface area contributed by atoms with E-state index in [1.807, 2.05) is 23.7 Å². The molecule has 0 aliphatic heterocycles. The number of aromatic nitrogens is 2. The quantitative estimate of drug-likeness (QED) is 0.607. The van der Waals surface area contributed by atoms with Crippen LogP contribution in [0.15, 0.2) is 25.7 Å². The molecule has 0 saturated heterocycles. The van der Waals surface area contributed by atoms with Gasteiger partial charge in [-0.25, -0.2) is 5.43 Å². The van der Waals surface area contributed by atoms with Crippen LogP contribution in [-0.4, -0.2) is 9.78 Å². The summed E-state index contributed by atoms with van der Waals surface area (Å²) < 4.78 is 9.26. The number of nitrogens with two attached hydrogens (primary N) is 1. The Morgan fingerprint density at radius 2 is 2.21 bits per heavy atom. The topological polar surface area (TPSA) is 69.0 Å². The van der Waals surface area contributed by atoms with Gasteiger partial charge in [-0.05, 0) is 57.8 Å². The lowest BCUT2D eigenvalue weighted by Crippen LogP contribution is -2.30. The molecule has 3 N–H and O–H groups in total. The van der Waals surface area contributed by atoms with Gasteiger partial charge in [-0.2, -0.15) is 5.10 Å².